The lowest BCUT2D eigenvalue weighted by Gasteiger charge is -2.16. The summed E-state index contributed by atoms with van der Waals surface area (Å²) in [6.07, 6.45) is -1.38. The first-order valence-electron chi connectivity index (χ1n) is 10.5. The van der Waals surface area contributed by atoms with E-state index in [0.29, 0.717) is 12.5 Å². The van der Waals surface area contributed by atoms with Gasteiger partial charge < -0.3 is 24.3 Å². The average molecular weight is 414 g/mol. The number of aromatic amines is 1. The molecule has 4 heterocycles. The molecular weight excluding hydrogens is 392 g/mol. The van der Waals surface area contributed by atoms with Gasteiger partial charge in [0.1, 0.15) is 18.3 Å². The highest BCUT2D eigenvalue weighted by Gasteiger charge is 2.48. The van der Waals surface area contributed by atoms with Crippen LogP contribution in [-0.4, -0.2) is 52.7 Å². The summed E-state index contributed by atoms with van der Waals surface area (Å²) >= 11 is 0. The van der Waals surface area contributed by atoms with E-state index in [-0.39, 0.29) is 24.9 Å². The Morgan fingerprint density at radius 2 is 1.58 bits per heavy atom. The molecule has 2 aromatic heterocycles. The second kappa shape index (κ2) is 7.50. The Morgan fingerprint density at radius 1 is 0.839 bits per heavy atom. The largest absolute Gasteiger partial charge is 0.470 e. The predicted molar refractivity (Wildman–Crippen MR) is 117 cm³/mol. The van der Waals surface area contributed by atoms with E-state index >= 15 is 0 Å². The minimum Gasteiger partial charge on any atom is -0.470 e. The second-order valence-electron chi connectivity index (χ2n) is 8.03. The van der Waals surface area contributed by atoms with Crippen LogP contribution in [0.5, 0.6) is 5.88 Å². The fourth-order valence-corrected chi connectivity index (χ4v) is 4.38. The van der Waals surface area contributed by atoms with Crippen LogP contribution in [0, 0.1) is 0 Å². The molecule has 0 spiro atoms. The molecule has 6 nitrogen and oxygen atoms in total. The van der Waals surface area contributed by atoms with Gasteiger partial charge in [-0.15, -0.1) is 0 Å². The Hall–Kier alpha value is -3.19. The fraction of sp³-hybridized carbons (Fsp3) is 0.240. The van der Waals surface area contributed by atoms with E-state index in [2.05, 4.69) is 41.4 Å². The van der Waals surface area contributed by atoms with E-state index in [1.165, 1.54) is 11.1 Å². The molecule has 2 aliphatic rings. The molecule has 0 aliphatic carbocycles. The zero-order chi connectivity index (χ0) is 20.8. The van der Waals surface area contributed by atoms with Crippen molar-refractivity contribution in [2.45, 2.75) is 24.4 Å². The number of aromatic nitrogens is 2. The van der Waals surface area contributed by atoms with Gasteiger partial charge in [0, 0.05) is 11.6 Å². The SMILES string of the molecule is O[C@@H]1CO[C@H]2C1OC[C@H]2Oc1cc2nc(-c3ccc(-c4ccccc4)cc3)ccc2[nH]1. The van der Waals surface area contributed by atoms with Gasteiger partial charge in [0.2, 0.25) is 0 Å². The molecule has 31 heavy (non-hydrogen) atoms. The summed E-state index contributed by atoms with van der Waals surface area (Å²) in [5, 5.41) is 9.89. The van der Waals surface area contributed by atoms with Crippen molar-refractivity contribution in [1.29, 1.82) is 0 Å². The van der Waals surface area contributed by atoms with Gasteiger partial charge in [0.05, 0.1) is 29.9 Å². The highest BCUT2D eigenvalue weighted by molar-refractivity contribution is 5.81. The summed E-state index contributed by atoms with van der Waals surface area (Å²) in [6, 6.07) is 24.7. The van der Waals surface area contributed by atoms with Crippen LogP contribution in [0.4, 0.5) is 0 Å². The van der Waals surface area contributed by atoms with Crippen molar-refractivity contribution in [3.63, 3.8) is 0 Å². The van der Waals surface area contributed by atoms with Crippen molar-refractivity contribution in [2.75, 3.05) is 13.2 Å². The minimum absolute atomic E-state index is 0.243. The summed E-state index contributed by atoms with van der Waals surface area (Å²) < 4.78 is 17.4. The molecule has 6 heteroatoms. The topological polar surface area (TPSA) is 76.6 Å². The molecule has 0 amide bonds. The standard InChI is InChI=1S/C25H22N2O4/c28-21-13-29-25-22(14-30-24(21)25)31-23-12-20-19(27-23)11-10-18(26-20)17-8-6-16(7-9-17)15-4-2-1-3-5-15/h1-12,21-22,24-25,27-28H,13-14H2/t21-,22-,24?,25-/m1/s1. The van der Waals surface area contributed by atoms with Crippen LogP contribution in [0.3, 0.4) is 0 Å². The molecule has 0 bridgehead atoms. The second-order valence-corrected chi connectivity index (χ2v) is 8.03. The van der Waals surface area contributed by atoms with Crippen molar-refractivity contribution in [1.82, 2.24) is 9.97 Å². The third-order valence-corrected chi connectivity index (χ3v) is 6.00. The number of pyridine rings is 1. The van der Waals surface area contributed by atoms with Gasteiger partial charge in [-0.05, 0) is 23.3 Å². The Bertz CT molecular complexity index is 1210. The van der Waals surface area contributed by atoms with Crippen LogP contribution in [0.2, 0.25) is 0 Å². The molecule has 2 aromatic carbocycles. The molecule has 156 valence electrons. The van der Waals surface area contributed by atoms with Crippen molar-refractivity contribution in [3.8, 4) is 28.3 Å². The number of hydrogen-bond donors (Lipinski definition) is 2. The van der Waals surface area contributed by atoms with E-state index in [1.807, 2.05) is 36.4 Å². The summed E-state index contributed by atoms with van der Waals surface area (Å²) in [4.78, 5) is 8.07. The molecule has 0 saturated carbocycles. The molecular formula is C25H22N2O4. The molecule has 4 atom stereocenters. The number of fused-ring (bicyclic) bond motifs is 2. The number of aliphatic hydroxyl groups excluding tert-OH is 1. The summed E-state index contributed by atoms with van der Waals surface area (Å²) in [7, 11) is 0. The van der Waals surface area contributed by atoms with Crippen LogP contribution in [0.15, 0.2) is 72.8 Å². The van der Waals surface area contributed by atoms with Crippen molar-refractivity contribution in [3.05, 3.63) is 72.8 Å². The van der Waals surface area contributed by atoms with E-state index < -0.39 is 6.10 Å². The zero-order valence-corrected chi connectivity index (χ0v) is 16.8. The maximum Gasteiger partial charge on any atom is 0.193 e. The summed E-state index contributed by atoms with van der Waals surface area (Å²) in [5.74, 6) is 0.623. The zero-order valence-electron chi connectivity index (χ0n) is 16.8. The summed E-state index contributed by atoms with van der Waals surface area (Å²) in [6.45, 7) is 0.685. The maximum absolute atomic E-state index is 9.89. The molecule has 2 fully saturated rings. The van der Waals surface area contributed by atoms with Gasteiger partial charge >= 0.3 is 0 Å². The molecule has 0 radical (unpaired) electrons. The van der Waals surface area contributed by atoms with Gasteiger partial charge in [0.15, 0.2) is 12.0 Å². The molecule has 2 saturated heterocycles. The number of H-pyrrole nitrogens is 1. The van der Waals surface area contributed by atoms with Gasteiger partial charge in [0.25, 0.3) is 0 Å². The quantitative estimate of drug-likeness (QED) is 0.531. The Kier molecular flexibility index (Phi) is 4.49. The van der Waals surface area contributed by atoms with Gasteiger partial charge in [-0.1, -0.05) is 54.6 Å². The van der Waals surface area contributed by atoms with Crippen molar-refractivity contribution >= 4 is 11.0 Å². The first-order valence-corrected chi connectivity index (χ1v) is 10.5. The third kappa shape index (κ3) is 3.39. The lowest BCUT2D eigenvalue weighted by molar-refractivity contribution is 0.00794. The normalized spacial score (nSPS) is 25.1. The molecule has 1 unspecified atom stereocenters. The Labute approximate surface area is 179 Å². The third-order valence-electron chi connectivity index (χ3n) is 6.00. The van der Waals surface area contributed by atoms with Crippen LogP contribution < -0.4 is 4.74 Å². The van der Waals surface area contributed by atoms with Crippen molar-refractivity contribution in [2.24, 2.45) is 0 Å². The molecule has 2 N–H and O–H groups in total. The number of rotatable bonds is 4. The lowest BCUT2D eigenvalue weighted by atomic mass is 10.0. The number of nitrogens with zero attached hydrogens (tertiary/aromatic N) is 1. The summed E-state index contributed by atoms with van der Waals surface area (Å²) in [5.41, 5.74) is 6.08. The first kappa shape index (κ1) is 18.6. The van der Waals surface area contributed by atoms with E-state index in [1.54, 1.807) is 0 Å². The van der Waals surface area contributed by atoms with Crippen LogP contribution in [0.25, 0.3) is 33.4 Å². The number of hydrogen-bond acceptors (Lipinski definition) is 5. The van der Waals surface area contributed by atoms with Gasteiger partial charge in [-0.25, -0.2) is 4.98 Å². The first-order chi connectivity index (χ1) is 15.2. The smallest absolute Gasteiger partial charge is 0.193 e. The lowest BCUT2D eigenvalue weighted by Crippen LogP contribution is -2.34. The minimum atomic E-state index is -0.584. The molecule has 6 rings (SSSR count). The molecule has 4 aromatic rings. The molecule has 2 aliphatic heterocycles. The van der Waals surface area contributed by atoms with Gasteiger partial charge in [-0.3, -0.25) is 0 Å². The number of aliphatic hydroxyl groups is 1. The van der Waals surface area contributed by atoms with E-state index in [9.17, 15) is 5.11 Å². The van der Waals surface area contributed by atoms with E-state index in [4.69, 9.17) is 19.2 Å². The number of benzene rings is 2. The average Bonchev–Trinajstić information content (AvgIpc) is 3.51. The van der Waals surface area contributed by atoms with Crippen LogP contribution in [0.1, 0.15) is 0 Å². The predicted octanol–water partition coefficient (Wildman–Crippen LogP) is 3.80. The van der Waals surface area contributed by atoms with Crippen LogP contribution >= 0.6 is 0 Å². The number of nitrogens with one attached hydrogen (secondary N) is 1. The Balaban J connectivity index is 1.23. The fourth-order valence-electron chi connectivity index (χ4n) is 4.38. The van der Waals surface area contributed by atoms with Gasteiger partial charge in [-0.2, -0.15) is 0 Å². The van der Waals surface area contributed by atoms with Crippen molar-refractivity contribution < 1.29 is 19.3 Å². The van der Waals surface area contributed by atoms with Crippen LogP contribution in [-0.2, 0) is 9.47 Å². The van der Waals surface area contributed by atoms with E-state index in [0.717, 1.165) is 22.3 Å². The highest BCUT2D eigenvalue weighted by atomic mass is 16.6. The monoisotopic (exact) mass is 414 g/mol. The number of ether oxygens (including phenoxy) is 3. The highest BCUT2D eigenvalue weighted by Crippen LogP contribution is 2.31. The Morgan fingerprint density at radius 3 is 2.42 bits per heavy atom. The maximum atomic E-state index is 9.89.